The third-order valence-electron chi connectivity index (χ3n) is 2.83. The summed E-state index contributed by atoms with van der Waals surface area (Å²) in [6, 6.07) is 5.52. The van der Waals surface area contributed by atoms with E-state index in [1.165, 1.54) is 7.11 Å². The van der Waals surface area contributed by atoms with E-state index in [0.29, 0.717) is 30.0 Å². The predicted molar refractivity (Wildman–Crippen MR) is 78.4 cm³/mol. The number of esters is 1. The number of rotatable bonds is 7. The Morgan fingerprint density at radius 1 is 1.15 bits per heavy atom. The van der Waals surface area contributed by atoms with E-state index in [1.54, 1.807) is 20.3 Å². The molecule has 5 heteroatoms. The van der Waals surface area contributed by atoms with Gasteiger partial charge < -0.3 is 19.5 Å². The van der Waals surface area contributed by atoms with Crippen LogP contribution in [0.25, 0.3) is 0 Å². The van der Waals surface area contributed by atoms with Crippen molar-refractivity contribution in [2.24, 2.45) is 0 Å². The van der Waals surface area contributed by atoms with Crippen LogP contribution in [0.4, 0.5) is 5.69 Å². The second-order valence-electron chi connectivity index (χ2n) is 4.06. The van der Waals surface area contributed by atoms with Crippen LogP contribution in [-0.4, -0.2) is 33.8 Å². The average molecular weight is 279 g/mol. The summed E-state index contributed by atoms with van der Waals surface area (Å²) in [5.74, 6) is 1.12. The van der Waals surface area contributed by atoms with Crippen molar-refractivity contribution in [2.75, 3.05) is 33.2 Å². The lowest BCUT2D eigenvalue weighted by Crippen LogP contribution is -2.07. The van der Waals surface area contributed by atoms with Crippen molar-refractivity contribution in [1.82, 2.24) is 0 Å². The molecule has 0 radical (unpaired) electrons. The van der Waals surface area contributed by atoms with Crippen LogP contribution in [0.15, 0.2) is 29.8 Å². The van der Waals surface area contributed by atoms with E-state index in [0.717, 1.165) is 5.69 Å². The quantitative estimate of drug-likeness (QED) is 0.614. The van der Waals surface area contributed by atoms with Crippen LogP contribution >= 0.6 is 0 Å². The second kappa shape index (κ2) is 8.09. The van der Waals surface area contributed by atoms with Gasteiger partial charge in [-0.3, -0.25) is 0 Å². The van der Waals surface area contributed by atoms with Crippen LogP contribution in [0.1, 0.15) is 13.3 Å². The third-order valence-corrected chi connectivity index (χ3v) is 2.83. The van der Waals surface area contributed by atoms with Gasteiger partial charge in [0.25, 0.3) is 0 Å². The minimum absolute atomic E-state index is 0.294. The molecule has 0 spiro atoms. The molecule has 1 aromatic rings. The van der Waals surface area contributed by atoms with Gasteiger partial charge in [-0.2, -0.15) is 0 Å². The van der Waals surface area contributed by atoms with Crippen molar-refractivity contribution >= 4 is 11.7 Å². The fourth-order valence-electron chi connectivity index (χ4n) is 1.70. The molecule has 0 saturated heterocycles. The van der Waals surface area contributed by atoms with Gasteiger partial charge in [0.1, 0.15) is 11.5 Å². The highest BCUT2D eigenvalue weighted by molar-refractivity contribution is 5.88. The van der Waals surface area contributed by atoms with Gasteiger partial charge in [0, 0.05) is 36.0 Å². The van der Waals surface area contributed by atoms with Gasteiger partial charge in [-0.1, -0.05) is 13.0 Å². The van der Waals surface area contributed by atoms with E-state index in [-0.39, 0.29) is 5.97 Å². The summed E-state index contributed by atoms with van der Waals surface area (Å²) in [5.41, 5.74) is 1.51. The van der Waals surface area contributed by atoms with Crippen molar-refractivity contribution in [3.05, 3.63) is 29.8 Å². The van der Waals surface area contributed by atoms with Crippen LogP contribution in [0.3, 0.4) is 0 Å². The van der Waals surface area contributed by atoms with Crippen molar-refractivity contribution in [1.29, 1.82) is 0 Å². The Bertz CT molecular complexity index is 461. The third kappa shape index (κ3) is 4.50. The Kier molecular flexibility index (Phi) is 6.43. The zero-order valence-corrected chi connectivity index (χ0v) is 12.4. The Labute approximate surface area is 119 Å². The van der Waals surface area contributed by atoms with Gasteiger partial charge in [0.15, 0.2) is 0 Å². The highest BCUT2D eigenvalue weighted by atomic mass is 16.5. The highest BCUT2D eigenvalue weighted by Crippen LogP contribution is 2.25. The molecule has 0 bridgehead atoms. The van der Waals surface area contributed by atoms with E-state index in [2.05, 4.69) is 5.32 Å². The van der Waals surface area contributed by atoms with Crippen LogP contribution < -0.4 is 14.8 Å². The van der Waals surface area contributed by atoms with Crippen molar-refractivity contribution < 1.29 is 19.0 Å². The number of carbonyl (C=O) groups excluding carboxylic acids is 1. The van der Waals surface area contributed by atoms with Gasteiger partial charge in [-0.05, 0) is 6.42 Å². The number of hydrogen-bond donors (Lipinski definition) is 1. The topological polar surface area (TPSA) is 56.8 Å². The molecule has 20 heavy (non-hydrogen) atoms. The van der Waals surface area contributed by atoms with Crippen molar-refractivity contribution in [3.8, 4) is 11.5 Å². The maximum Gasteiger partial charge on any atom is 0.333 e. The fourth-order valence-corrected chi connectivity index (χ4v) is 1.70. The summed E-state index contributed by atoms with van der Waals surface area (Å²) in [5, 5.41) is 3.19. The first-order valence-electron chi connectivity index (χ1n) is 6.38. The first-order chi connectivity index (χ1) is 9.64. The molecule has 5 nitrogen and oxygen atoms in total. The number of ether oxygens (including phenoxy) is 3. The maximum atomic E-state index is 11.4. The largest absolute Gasteiger partial charge is 0.497 e. The van der Waals surface area contributed by atoms with Gasteiger partial charge in [0.05, 0.1) is 21.3 Å². The van der Waals surface area contributed by atoms with E-state index in [9.17, 15) is 4.79 Å². The molecule has 0 amide bonds. The standard InChI is InChI=1S/C15H21NO4/c1-5-11(15(17)20-4)6-7-16-12-8-13(18-2)10-14(9-12)19-3/h6,8-10,16H,5,7H2,1-4H3/b11-6-. The molecule has 0 saturated carbocycles. The van der Waals surface area contributed by atoms with Crippen LogP contribution in [-0.2, 0) is 9.53 Å². The van der Waals surface area contributed by atoms with E-state index in [1.807, 2.05) is 25.1 Å². The smallest absolute Gasteiger partial charge is 0.333 e. The summed E-state index contributed by atoms with van der Waals surface area (Å²) in [4.78, 5) is 11.4. The van der Waals surface area contributed by atoms with E-state index in [4.69, 9.17) is 14.2 Å². The highest BCUT2D eigenvalue weighted by Gasteiger charge is 2.06. The number of hydrogen-bond acceptors (Lipinski definition) is 5. The Morgan fingerprint density at radius 2 is 1.75 bits per heavy atom. The second-order valence-corrected chi connectivity index (χ2v) is 4.06. The molecule has 0 fully saturated rings. The summed E-state index contributed by atoms with van der Waals surface area (Å²) >= 11 is 0. The number of methoxy groups -OCH3 is 3. The first-order valence-corrected chi connectivity index (χ1v) is 6.38. The molecule has 0 unspecified atom stereocenters. The van der Waals surface area contributed by atoms with Gasteiger partial charge in [0.2, 0.25) is 0 Å². The zero-order valence-electron chi connectivity index (χ0n) is 12.4. The molecule has 1 aromatic carbocycles. The molecule has 1 rings (SSSR count). The maximum absolute atomic E-state index is 11.4. The Morgan fingerprint density at radius 3 is 2.20 bits per heavy atom. The van der Waals surface area contributed by atoms with Gasteiger partial charge in [-0.25, -0.2) is 4.79 Å². The number of benzene rings is 1. The SMILES string of the molecule is CC/C(=C/CNc1cc(OC)cc(OC)c1)C(=O)OC. The lowest BCUT2D eigenvalue weighted by Gasteiger charge is -2.10. The van der Waals surface area contributed by atoms with E-state index >= 15 is 0 Å². The lowest BCUT2D eigenvalue weighted by molar-refractivity contribution is -0.136. The lowest BCUT2D eigenvalue weighted by atomic mass is 10.2. The summed E-state index contributed by atoms with van der Waals surface area (Å²) in [6.07, 6.45) is 2.45. The number of anilines is 1. The molecular weight excluding hydrogens is 258 g/mol. The van der Waals surface area contributed by atoms with Crippen molar-refractivity contribution in [2.45, 2.75) is 13.3 Å². The molecule has 110 valence electrons. The predicted octanol–water partition coefficient (Wildman–Crippen LogP) is 2.63. The molecule has 0 heterocycles. The fraction of sp³-hybridized carbons (Fsp3) is 0.400. The average Bonchev–Trinajstić information content (AvgIpc) is 2.50. The monoisotopic (exact) mass is 279 g/mol. The molecule has 0 atom stereocenters. The zero-order chi connectivity index (χ0) is 15.0. The molecule has 0 aromatic heterocycles. The van der Waals surface area contributed by atoms with Gasteiger partial charge >= 0.3 is 5.97 Å². The number of carbonyl (C=O) groups is 1. The van der Waals surface area contributed by atoms with Crippen molar-refractivity contribution in [3.63, 3.8) is 0 Å². The first kappa shape index (κ1) is 15.9. The molecule has 0 aliphatic carbocycles. The van der Waals surface area contributed by atoms with Crippen LogP contribution in [0.5, 0.6) is 11.5 Å². The summed E-state index contributed by atoms with van der Waals surface area (Å²) < 4.78 is 15.1. The Hall–Kier alpha value is -2.17. The van der Waals surface area contributed by atoms with Gasteiger partial charge in [-0.15, -0.1) is 0 Å². The summed E-state index contributed by atoms with van der Waals surface area (Å²) in [6.45, 7) is 2.44. The Balaban J connectivity index is 2.74. The number of nitrogens with one attached hydrogen (secondary N) is 1. The van der Waals surface area contributed by atoms with Crippen LogP contribution in [0.2, 0.25) is 0 Å². The minimum atomic E-state index is -0.294. The van der Waals surface area contributed by atoms with E-state index < -0.39 is 0 Å². The van der Waals surface area contributed by atoms with Crippen LogP contribution in [0, 0.1) is 0 Å². The summed E-state index contributed by atoms with van der Waals surface area (Å²) in [7, 11) is 4.59. The molecule has 1 N–H and O–H groups in total. The molecule has 0 aliphatic heterocycles. The minimum Gasteiger partial charge on any atom is -0.497 e. The normalized spacial score (nSPS) is 10.9. The molecular formula is C15H21NO4. The molecule has 0 aliphatic rings.